The van der Waals surface area contributed by atoms with Crippen LogP contribution < -0.4 is 0 Å². The maximum absolute atomic E-state index is 14.0. The van der Waals surface area contributed by atoms with Crippen LogP contribution >= 0.6 is 0 Å². The predicted octanol–water partition coefficient (Wildman–Crippen LogP) is 5.90. The number of nitrogens with zero attached hydrogens (tertiary/aromatic N) is 2. The van der Waals surface area contributed by atoms with Crippen molar-refractivity contribution in [3.63, 3.8) is 0 Å². The lowest BCUT2D eigenvalue weighted by atomic mass is 9.87. The van der Waals surface area contributed by atoms with Gasteiger partial charge in [-0.15, -0.1) is 0 Å². The van der Waals surface area contributed by atoms with Crippen molar-refractivity contribution in [3.05, 3.63) is 68.4 Å². The van der Waals surface area contributed by atoms with E-state index in [1.165, 1.54) is 12.8 Å². The van der Waals surface area contributed by atoms with Crippen LogP contribution in [0.3, 0.4) is 0 Å². The molecule has 8 nitrogen and oxygen atoms in total. The topological polar surface area (TPSA) is 83.3 Å². The van der Waals surface area contributed by atoms with E-state index >= 15 is 0 Å². The molecule has 2 spiro atoms. The molecule has 4 heterocycles. The van der Waals surface area contributed by atoms with Gasteiger partial charge in [0.2, 0.25) is 0 Å². The first-order chi connectivity index (χ1) is 18.5. The van der Waals surface area contributed by atoms with Gasteiger partial charge in [-0.1, -0.05) is 18.9 Å². The summed E-state index contributed by atoms with van der Waals surface area (Å²) in [5, 5.41) is 14.9. The third kappa shape index (κ3) is 3.53. The Morgan fingerprint density at radius 1 is 0.737 bits per heavy atom. The van der Waals surface area contributed by atoms with Gasteiger partial charge in [0.1, 0.15) is 11.8 Å². The fourth-order valence-corrected chi connectivity index (χ4v) is 8.06. The van der Waals surface area contributed by atoms with Gasteiger partial charge < -0.3 is 29.2 Å². The average Bonchev–Trinajstić information content (AvgIpc) is 3.47. The summed E-state index contributed by atoms with van der Waals surface area (Å²) >= 11 is 0. The van der Waals surface area contributed by atoms with Crippen LogP contribution in [0.25, 0.3) is 0 Å². The average molecular weight is 521 g/mol. The lowest BCUT2D eigenvalue weighted by Crippen LogP contribution is -2.39. The van der Waals surface area contributed by atoms with Crippen LogP contribution in [0.4, 0.5) is 0 Å². The van der Waals surface area contributed by atoms with Crippen LogP contribution in [0.1, 0.15) is 89.9 Å². The summed E-state index contributed by atoms with van der Waals surface area (Å²) in [6, 6.07) is 0. The van der Waals surface area contributed by atoms with Crippen molar-refractivity contribution in [3.8, 4) is 0 Å². The Kier molecular flexibility index (Phi) is 5.44. The smallest absolute Gasteiger partial charge is 0.285 e. The first kappa shape index (κ1) is 23.8. The molecule has 38 heavy (non-hydrogen) atoms. The van der Waals surface area contributed by atoms with E-state index in [0.717, 1.165) is 98.0 Å². The van der Waals surface area contributed by atoms with Crippen LogP contribution in [0.2, 0.25) is 0 Å². The second kappa shape index (κ2) is 8.70. The summed E-state index contributed by atoms with van der Waals surface area (Å²) in [6.45, 7) is 0. The van der Waals surface area contributed by atoms with Crippen LogP contribution in [-0.2, 0) is 18.9 Å². The molecule has 0 aromatic rings. The highest BCUT2D eigenvalue weighted by atomic mass is 16.8. The van der Waals surface area contributed by atoms with E-state index in [1.807, 2.05) is 12.2 Å². The SMILES string of the molecule is O=[N+]1C(=C2C=CC3=C([C@@H]4OC5(CCCCC5)O[C@@H]4CC3)N2[O-])C=CC2=C1[C@@H]1OC3(CCCCC3)O[C@@H]1CC2. The minimum absolute atomic E-state index is 0.115. The lowest BCUT2D eigenvalue weighted by Gasteiger charge is -2.43. The molecule has 202 valence electrons. The van der Waals surface area contributed by atoms with Gasteiger partial charge in [0.05, 0.1) is 17.0 Å². The number of nitroso groups, excluding NO2 is 1. The van der Waals surface area contributed by atoms with E-state index in [-0.39, 0.29) is 12.2 Å². The highest BCUT2D eigenvalue weighted by molar-refractivity contribution is 5.47. The van der Waals surface area contributed by atoms with Gasteiger partial charge in [-0.2, -0.15) is 0 Å². The quantitative estimate of drug-likeness (QED) is 0.368. The Morgan fingerprint density at radius 2 is 1.32 bits per heavy atom. The van der Waals surface area contributed by atoms with Crippen molar-refractivity contribution in [2.75, 3.05) is 0 Å². The van der Waals surface area contributed by atoms with E-state index < -0.39 is 23.8 Å². The van der Waals surface area contributed by atoms with Gasteiger partial charge in [0.25, 0.3) is 11.4 Å². The Hall–Kier alpha value is -2.10. The lowest BCUT2D eigenvalue weighted by molar-refractivity contribution is -0.457. The largest absolute Gasteiger partial charge is 0.754 e. The summed E-state index contributed by atoms with van der Waals surface area (Å²) in [5.41, 5.74) is 3.90. The molecule has 0 aromatic heterocycles. The van der Waals surface area contributed by atoms with Crippen molar-refractivity contribution >= 4 is 0 Å². The predicted molar refractivity (Wildman–Crippen MR) is 138 cm³/mol. The summed E-state index contributed by atoms with van der Waals surface area (Å²) in [4.78, 5) is 14.0. The van der Waals surface area contributed by atoms with Gasteiger partial charge in [-0.25, -0.2) is 0 Å². The molecule has 0 unspecified atom stereocenters. The zero-order valence-electron chi connectivity index (χ0n) is 21.9. The fourth-order valence-electron chi connectivity index (χ4n) is 8.06. The summed E-state index contributed by atoms with van der Waals surface area (Å²) in [5.74, 6) is -1.13. The number of rotatable bonds is 0. The fraction of sp³-hybridized carbons (Fsp3) is 0.667. The van der Waals surface area contributed by atoms with E-state index in [0.29, 0.717) is 22.8 Å². The monoisotopic (exact) mass is 520 g/mol. The second-order valence-corrected chi connectivity index (χ2v) is 12.3. The van der Waals surface area contributed by atoms with Crippen molar-refractivity contribution < 1.29 is 23.7 Å². The molecule has 0 bridgehead atoms. The molecule has 0 N–H and O–H groups in total. The molecule has 8 heteroatoms. The molecule has 4 aliphatic heterocycles. The van der Waals surface area contributed by atoms with Gasteiger partial charge in [-0.05, 0) is 69.1 Å². The molecule has 0 radical (unpaired) electrons. The number of fused-ring (bicyclic) bond motifs is 4. The normalized spacial score (nSPS) is 39.1. The first-order valence-electron chi connectivity index (χ1n) is 14.8. The molecular weight excluding hydrogens is 484 g/mol. The van der Waals surface area contributed by atoms with Crippen molar-refractivity contribution in [2.24, 2.45) is 0 Å². The Bertz CT molecular complexity index is 1210. The molecule has 2 saturated carbocycles. The molecule has 4 fully saturated rings. The first-order valence-corrected chi connectivity index (χ1v) is 14.8. The standard InChI is InChI=1S/C30H36N2O6/c33-31-21(11-7-19-9-13-23-27(25(19)31)37-29(35-23)15-3-1-4-16-29)22-12-8-20-10-14-24-28(26(20)32(22)34)38-30(36-24)17-5-2-6-18-30/h7-8,11-12,23-24,27-28H,1-6,9-10,13-18H2/t23-,24-,27-,28-/m1/s1. The number of ether oxygens (including phenoxy) is 4. The van der Waals surface area contributed by atoms with Crippen molar-refractivity contribution in [1.29, 1.82) is 0 Å². The number of hydrogen-bond acceptors (Lipinski definition) is 7. The third-order valence-electron chi connectivity index (χ3n) is 9.94. The summed E-state index contributed by atoms with van der Waals surface area (Å²) in [7, 11) is 0. The zero-order chi connectivity index (χ0) is 25.5. The highest BCUT2D eigenvalue weighted by Crippen LogP contribution is 2.50. The Balaban J connectivity index is 1.10. The summed E-state index contributed by atoms with van der Waals surface area (Å²) in [6.07, 6.45) is 20.1. The van der Waals surface area contributed by atoms with Crippen LogP contribution in [0, 0.1) is 10.1 Å². The Labute approximate surface area is 223 Å². The minimum atomic E-state index is -0.563. The van der Waals surface area contributed by atoms with Gasteiger partial charge in [-0.3, -0.25) is 0 Å². The highest BCUT2D eigenvalue weighted by Gasteiger charge is 2.57. The second-order valence-electron chi connectivity index (χ2n) is 12.3. The number of allylic oxidation sites excluding steroid dienone is 6. The van der Waals surface area contributed by atoms with E-state index in [9.17, 15) is 10.1 Å². The molecule has 8 aliphatic rings. The maximum Gasteiger partial charge on any atom is 0.285 e. The molecular formula is C30H36N2O6. The molecule has 8 rings (SSSR count). The molecule has 0 aromatic carbocycles. The van der Waals surface area contributed by atoms with Crippen LogP contribution in [0.5, 0.6) is 0 Å². The van der Waals surface area contributed by atoms with Crippen molar-refractivity contribution in [1.82, 2.24) is 5.06 Å². The number of hydrogen-bond donors (Lipinski definition) is 0. The van der Waals surface area contributed by atoms with Crippen LogP contribution in [0.15, 0.2) is 58.2 Å². The third-order valence-corrected chi connectivity index (χ3v) is 9.94. The summed E-state index contributed by atoms with van der Waals surface area (Å²) < 4.78 is 27.0. The Morgan fingerprint density at radius 3 is 2.00 bits per heavy atom. The van der Waals surface area contributed by atoms with E-state index in [2.05, 4.69) is 0 Å². The molecule has 0 amide bonds. The van der Waals surface area contributed by atoms with Gasteiger partial charge in [0, 0.05) is 47.9 Å². The van der Waals surface area contributed by atoms with Crippen molar-refractivity contribution in [2.45, 2.75) is 126 Å². The number of hydroxylamine groups is 2. The van der Waals surface area contributed by atoms with Gasteiger partial charge >= 0.3 is 0 Å². The zero-order valence-corrected chi connectivity index (χ0v) is 21.9. The van der Waals surface area contributed by atoms with E-state index in [1.54, 1.807) is 12.2 Å². The molecule has 2 saturated heterocycles. The minimum Gasteiger partial charge on any atom is -0.754 e. The van der Waals surface area contributed by atoms with E-state index in [4.69, 9.17) is 18.9 Å². The van der Waals surface area contributed by atoms with Gasteiger partial charge in [0.15, 0.2) is 17.7 Å². The molecule has 4 atom stereocenters. The maximum atomic E-state index is 14.0. The van der Waals surface area contributed by atoms with Crippen LogP contribution in [-0.4, -0.2) is 45.8 Å². The molecule has 4 aliphatic carbocycles.